The number of nitriles is 2. The van der Waals surface area contributed by atoms with Crippen molar-refractivity contribution >= 4 is 33.6 Å². The minimum absolute atomic E-state index is 0.818. The van der Waals surface area contributed by atoms with E-state index in [1.165, 1.54) is 29.5 Å². The standard InChI is InChI=1S/C19H15N5S/c20-9-12(10-21)11-22-19-17(13-5-1-4-8-16(13)25-19)18-23-14-6-2-3-7-15(14)24-18/h2-3,6-7,11-12H,1,4-5,8H2,(H,23,24). The first-order chi connectivity index (χ1) is 12.3. The fourth-order valence-corrected chi connectivity index (χ4v) is 4.44. The Bertz CT molecular complexity index is 997. The predicted octanol–water partition coefficient (Wildman–Crippen LogP) is 4.54. The number of imidazole rings is 1. The number of hydrogen-bond acceptors (Lipinski definition) is 5. The molecule has 0 radical (unpaired) electrons. The molecule has 1 N–H and O–H groups in total. The maximum atomic E-state index is 8.97. The number of para-hydroxylation sites is 2. The average Bonchev–Trinajstić information content (AvgIpc) is 3.23. The van der Waals surface area contributed by atoms with Crippen LogP contribution in [0.1, 0.15) is 23.3 Å². The van der Waals surface area contributed by atoms with Crippen LogP contribution < -0.4 is 0 Å². The van der Waals surface area contributed by atoms with Gasteiger partial charge in [-0.15, -0.1) is 11.3 Å². The van der Waals surface area contributed by atoms with Gasteiger partial charge in [0.25, 0.3) is 0 Å². The second-order valence-corrected chi connectivity index (χ2v) is 7.09. The molecule has 6 heteroatoms. The van der Waals surface area contributed by atoms with Crippen LogP contribution in [-0.2, 0) is 12.8 Å². The molecule has 1 aromatic carbocycles. The average molecular weight is 345 g/mol. The van der Waals surface area contributed by atoms with Crippen molar-refractivity contribution in [3.8, 4) is 23.5 Å². The van der Waals surface area contributed by atoms with Crippen LogP contribution in [0.25, 0.3) is 22.4 Å². The number of H-pyrrole nitrogens is 1. The Kier molecular flexibility index (Phi) is 4.05. The second kappa shape index (κ2) is 6.51. The van der Waals surface area contributed by atoms with Crippen LogP contribution in [0.4, 0.5) is 5.00 Å². The number of fused-ring (bicyclic) bond motifs is 2. The lowest BCUT2D eigenvalue weighted by Crippen LogP contribution is -1.99. The molecule has 0 saturated carbocycles. The smallest absolute Gasteiger partial charge is 0.168 e. The summed E-state index contributed by atoms with van der Waals surface area (Å²) >= 11 is 1.65. The molecule has 0 bridgehead atoms. The van der Waals surface area contributed by atoms with Crippen LogP contribution in [-0.4, -0.2) is 16.2 Å². The fourth-order valence-electron chi connectivity index (χ4n) is 3.20. The van der Waals surface area contributed by atoms with Gasteiger partial charge in [0.1, 0.15) is 10.8 Å². The molecule has 0 saturated heterocycles. The minimum Gasteiger partial charge on any atom is -0.338 e. The van der Waals surface area contributed by atoms with E-state index in [2.05, 4.69) is 9.98 Å². The maximum absolute atomic E-state index is 8.97. The van der Waals surface area contributed by atoms with E-state index in [0.717, 1.165) is 40.3 Å². The SMILES string of the molecule is N#CC(C#N)C=Nc1sc2c(c1-c1nc3ccccc3[nH]1)CCCC2. The van der Waals surface area contributed by atoms with E-state index in [1.807, 2.05) is 36.4 Å². The van der Waals surface area contributed by atoms with E-state index in [9.17, 15) is 0 Å². The Hall–Kier alpha value is -2.96. The Morgan fingerprint density at radius 1 is 1.20 bits per heavy atom. The summed E-state index contributed by atoms with van der Waals surface area (Å²) in [6.07, 6.45) is 5.87. The summed E-state index contributed by atoms with van der Waals surface area (Å²) in [6.45, 7) is 0. The molecule has 5 nitrogen and oxygen atoms in total. The van der Waals surface area contributed by atoms with Gasteiger partial charge in [-0.2, -0.15) is 10.5 Å². The van der Waals surface area contributed by atoms with Gasteiger partial charge in [-0.3, -0.25) is 0 Å². The van der Waals surface area contributed by atoms with E-state index in [1.54, 1.807) is 11.3 Å². The third-order valence-corrected chi connectivity index (χ3v) is 5.60. The van der Waals surface area contributed by atoms with Crippen molar-refractivity contribution in [3.63, 3.8) is 0 Å². The van der Waals surface area contributed by atoms with Gasteiger partial charge >= 0.3 is 0 Å². The highest BCUT2D eigenvalue weighted by atomic mass is 32.1. The van der Waals surface area contributed by atoms with Gasteiger partial charge in [-0.05, 0) is 43.4 Å². The Morgan fingerprint density at radius 2 is 2.00 bits per heavy atom. The molecule has 3 aromatic rings. The van der Waals surface area contributed by atoms with Crippen molar-refractivity contribution in [2.75, 3.05) is 0 Å². The van der Waals surface area contributed by atoms with Crippen LogP contribution in [0.3, 0.4) is 0 Å². The minimum atomic E-state index is -0.831. The second-order valence-electron chi connectivity index (χ2n) is 6.01. The molecule has 0 atom stereocenters. The van der Waals surface area contributed by atoms with Crippen molar-refractivity contribution in [2.45, 2.75) is 25.7 Å². The van der Waals surface area contributed by atoms with Crippen LogP contribution in [0.15, 0.2) is 29.3 Å². The summed E-state index contributed by atoms with van der Waals surface area (Å²) in [4.78, 5) is 14.0. The van der Waals surface area contributed by atoms with Crippen LogP contribution in [0.2, 0.25) is 0 Å². The van der Waals surface area contributed by atoms with Gasteiger partial charge in [-0.1, -0.05) is 12.1 Å². The van der Waals surface area contributed by atoms with E-state index in [-0.39, 0.29) is 0 Å². The highest BCUT2D eigenvalue weighted by molar-refractivity contribution is 7.16. The first-order valence-corrected chi connectivity index (χ1v) is 9.05. The lowest BCUT2D eigenvalue weighted by Gasteiger charge is -2.11. The molecular weight excluding hydrogens is 330 g/mol. The molecule has 0 amide bonds. The van der Waals surface area contributed by atoms with Crippen molar-refractivity contribution in [2.24, 2.45) is 10.9 Å². The highest BCUT2D eigenvalue weighted by Gasteiger charge is 2.23. The Labute approximate surface area is 149 Å². The molecule has 2 aromatic heterocycles. The van der Waals surface area contributed by atoms with Gasteiger partial charge in [-0.25, -0.2) is 9.98 Å². The summed E-state index contributed by atoms with van der Waals surface area (Å²) in [5.41, 5.74) is 4.26. The molecule has 0 unspecified atom stereocenters. The van der Waals surface area contributed by atoms with Crippen molar-refractivity contribution in [1.29, 1.82) is 10.5 Å². The van der Waals surface area contributed by atoms with Crippen molar-refractivity contribution in [1.82, 2.24) is 9.97 Å². The number of nitrogens with one attached hydrogen (secondary N) is 1. The molecule has 0 spiro atoms. The zero-order valence-electron chi connectivity index (χ0n) is 13.5. The summed E-state index contributed by atoms with van der Waals surface area (Å²) in [5, 5.41) is 18.8. The number of aromatic amines is 1. The lowest BCUT2D eigenvalue weighted by atomic mass is 9.95. The van der Waals surface area contributed by atoms with Gasteiger partial charge < -0.3 is 4.98 Å². The summed E-state index contributed by atoms with van der Waals surface area (Å²) in [5.74, 6) is -0.0131. The number of aliphatic imine (C=N–C) groups is 1. The number of rotatable bonds is 3. The topological polar surface area (TPSA) is 88.6 Å². The summed E-state index contributed by atoms with van der Waals surface area (Å²) in [6, 6.07) is 11.8. The molecular formula is C19H15N5S. The molecule has 0 fully saturated rings. The third kappa shape index (κ3) is 2.82. The van der Waals surface area contributed by atoms with Crippen molar-refractivity contribution in [3.05, 3.63) is 34.7 Å². The molecule has 1 aliphatic rings. The third-order valence-electron chi connectivity index (χ3n) is 4.40. The molecule has 1 aliphatic carbocycles. The molecule has 4 rings (SSSR count). The number of aryl methyl sites for hydroxylation is 1. The van der Waals surface area contributed by atoms with Crippen LogP contribution in [0, 0.1) is 28.6 Å². The number of nitrogens with zero attached hydrogens (tertiary/aromatic N) is 4. The van der Waals surface area contributed by atoms with E-state index in [4.69, 9.17) is 15.5 Å². The summed E-state index contributed by atoms with van der Waals surface area (Å²) in [7, 11) is 0. The quantitative estimate of drug-likeness (QED) is 0.707. The van der Waals surface area contributed by atoms with Crippen LogP contribution in [0.5, 0.6) is 0 Å². The highest BCUT2D eigenvalue weighted by Crippen LogP contribution is 2.45. The lowest BCUT2D eigenvalue weighted by molar-refractivity contribution is 0.698. The Morgan fingerprint density at radius 3 is 2.80 bits per heavy atom. The zero-order chi connectivity index (χ0) is 17.2. The maximum Gasteiger partial charge on any atom is 0.168 e. The van der Waals surface area contributed by atoms with Gasteiger partial charge in [0.15, 0.2) is 5.92 Å². The monoisotopic (exact) mass is 345 g/mol. The van der Waals surface area contributed by atoms with Gasteiger partial charge in [0, 0.05) is 11.1 Å². The molecule has 0 aliphatic heterocycles. The van der Waals surface area contributed by atoms with Gasteiger partial charge in [0.05, 0.1) is 28.7 Å². The van der Waals surface area contributed by atoms with Crippen LogP contribution >= 0.6 is 11.3 Å². The molecule has 122 valence electrons. The van der Waals surface area contributed by atoms with Gasteiger partial charge in [0.2, 0.25) is 0 Å². The number of thiophene rings is 1. The van der Waals surface area contributed by atoms with E-state index < -0.39 is 5.92 Å². The fraction of sp³-hybridized carbons (Fsp3) is 0.263. The Balaban J connectivity index is 1.86. The number of benzene rings is 1. The zero-order valence-corrected chi connectivity index (χ0v) is 14.3. The molecule has 2 heterocycles. The largest absolute Gasteiger partial charge is 0.338 e. The van der Waals surface area contributed by atoms with E-state index >= 15 is 0 Å². The summed E-state index contributed by atoms with van der Waals surface area (Å²) < 4.78 is 0. The molecule has 25 heavy (non-hydrogen) atoms. The predicted molar refractivity (Wildman–Crippen MR) is 98.9 cm³/mol. The first-order valence-electron chi connectivity index (χ1n) is 8.23. The normalized spacial score (nSPS) is 13.9. The number of aromatic nitrogens is 2. The van der Waals surface area contributed by atoms with E-state index in [0.29, 0.717) is 0 Å². The first kappa shape index (κ1) is 15.6. The number of hydrogen-bond donors (Lipinski definition) is 1. The van der Waals surface area contributed by atoms with Crippen molar-refractivity contribution < 1.29 is 0 Å².